The summed E-state index contributed by atoms with van der Waals surface area (Å²) >= 11 is 5.73. The zero-order chi connectivity index (χ0) is 11.2. The molecule has 6 heteroatoms. The molecule has 0 aliphatic heterocycles. The van der Waals surface area contributed by atoms with Crippen LogP contribution in [0, 0.1) is 0 Å². The molecule has 0 spiro atoms. The van der Waals surface area contributed by atoms with Gasteiger partial charge in [0.25, 0.3) is 0 Å². The predicted octanol–water partition coefficient (Wildman–Crippen LogP) is 1.48. The maximum atomic E-state index is 11.2. The van der Waals surface area contributed by atoms with Crippen LogP contribution in [0.3, 0.4) is 0 Å². The highest BCUT2D eigenvalue weighted by Gasteiger charge is 2.16. The number of hydrogen-bond acceptors (Lipinski definition) is 3. The van der Waals surface area contributed by atoms with Crippen LogP contribution in [-0.4, -0.2) is 15.6 Å². The Morgan fingerprint density at radius 3 is 2.80 bits per heavy atom. The first kappa shape index (κ1) is 9.79. The number of carboxylic acids is 1. The zero-order valence-electron chi connectivity index (χ0n) is 7.65. The summed E-state index contributed by atoms with van der Waals surface area (Å²) in [6.45, 7) is 0. The van der Waals surface area contributed by atoms with Gasteiger partial charge in [-0.1, -0.05) is 11.6 Å². The Kier molecular flexibility index (Phi) is 2.04. The molecule has 15 heavy (non-hydrogen) atoms. The van der Waals surface area contributed by atoms with Gasteiger partial charge in [-0.05, 0) is 12.1 Å². The fourth-order valence-corrected chi connectivity index (χ4v) is 1.56. The van der Waals surface area contributed by atoms with Crippen molar-refractivity contribution < 1.29 is 14.3 Å². The van der Waals surface area contributed by atoms with Crippen molar-refractivity contribution in [1.29, 1.82) is 0 Å². The van der Waals surface area contributed by atoms with Crippen LogP contribution in [0.15, 0.2) is 21.3 Å². The molecule has 1 aromatic carbocycles. The number of oxazole rings is 1. The van der Waals surface area contributed by atoms with Gasteiger partial charge in [-0.25, -0.2) is 9.59 Å². The lowest BCUT2D eigenvalue weighted by Gasteiger charge is -1.97. The standard InChI is InChI=1S/C9H6ClNO4/c1-11-6-3-4(10)2-5(8(12)13)7(6)15-9(11)14/h2-3H,1H3,(H,12,13). The zero-order valence-corrected chi connectivity index (χ0v) is 8.41. The van der Waals surface area contributed by atoms with Gasteiger partial charge >= 0.3 is 11.7 Å². The van der Waals surface area contributed by atoms with Gasteiger partial charge in [0, 0.05) is 12.1 Å². The van der Waals surface area contributed by atoms with Crippen molar-refractivity contribution in [2.75, 3.05) is 0 Å². The Balaban J connectivity index is 2.99. The van der Waals surface area contributed by atoms with Crippen LogP contribution in [0.2, 0.25) is 5.02 Å². The molecular formula is C9H6ClNO4. The summed E-state index contributed by atoms with van der Waals surface area (Å²) in [6, 6.07) is 2.73. The van der Waals surface area contributed by atoms with Gasteiger partial charge < -0.3 is 9.52 Å². The van der Waals surface area contributed by atoms with E-state index in [9.17, 15) is 9.59 Å². The predicted molar refractivity (Wildman–Crippen MR) is 53.4 cm³/mol. The molecule has 0 amide bonds. The molecule has 2 rings (SSSR count). The minimum Gasteiger partial charge on any atom is -0.478 e. The van der Waals surface area contributed by atoms with Gasteiger partial charge in [-0.2, -0.15) is 0 Å². The highest BCUT2D eigenvalue weighted by Crippen LogP contribution is 2.22. The minimum atomic E-state index is -1.18. The van der Waals surface area contributed by atoms with Crippen molar-refractivity contribution in [1.82, 2.24) is 4.57 Å². The number of nitrogens with zero attached hydrogens (tertiary/aromatic N) is 1. The molecular weight excluding hydrogens is 222 g/mol. The van der Waals surface area contributed by atoms with Crippen molar-refractivity contribution in [3.63, 3.8) is 0 Å². The Morgan fingerprint density at radius 2 is 2.20 bits per heavy atom. The van der Waals surface area contributed by atoms with Crippen LogP contribution in [0.25, 0.3) is 11.1 Å². The van der Waals surface area contributed by atoms with Gasteiger partial charge in [-0.3, -0.25) is 4.57 Å². The molecule has 2 aromatic rings. The first-order valence-electron chi connectivity index (χ1n) is 4.03. The number of hydrogen-bond donors (Lipinski definition) is 1. The highest BCUT2D eigenvalue weighted by molar-refractivity contribution is 6.31. The van der Waals surface area contributed by atoms with Crippen molar-refractivity contribution in [2.45, 2.75) is 0 Å². The third-order valence-electron chi connectivity index (χ3n) is 2.09. The van der Waals surface area contributed by atoms with E-state index < -0.39 is 11.7 Å². The van der Waals surface area contributed by atoms with Gasteiger partial charge in [0.1, 0.15) is 5.56 Å². The third-order valence-corrected chi connectivity index (χ3v) is 2.31. The molecule has 0 unspecified atom stereocenters. The summed E-state index contributed by atoms with van der Waals surface area (Å²) in [6.07, 6.45) is 0. The fourth-order valence-electron chi connectivity index (χ4n) is 1.35. The van der Waals surface area contributed by atoms with E-state index in [1.165, 1.54) is 23.7 Å². The van der Waals surface area contributed by atoms with Crippen molar-refractivity contribution in [3.05, 3.63) is 33.3 Å². The maximum absolute atomic E-state index is 11.2. The molecule has 5 nitrogen and oxygen atoms in total. The Bertz CT molecular complexity index is 610. The van der Waals surface area contributed by atoms with E-state index >= 15 is 0 Å². The van der Waals surface area contributed by atoms with E-state index in [4.69, 9.17) is 21.1 Å². The molecule has 0 radical (unpaired) electrons. The second-order valence-electron chi connectivity index (χ2n) is 3.03. The number of halogens is 1. The molecule has 0 atom stereocenters. The number of fused-ring (bicyclic) bond motifs is 1. The quantitative estimate of drug-likeness (QED) is 0.801. The van der Waals surface area contributed by atoms with Crippen LogP contribution in [0.5, 0.6) is 0 Å². The number of aryl methyl sites for hydroxylation is 1. The van der Waals surface area contributed by atoms with Crippen molar-refractivity contribution in [2.24, 2.45) is 7.05 Å². The van der Waals surface area contributed by atoms with Crippen molar-refractivity contribution in [3.8, 4) is 0 Å². The average Bonchev–Trinajstić information content (AvgIpc) is 2.43. The normalized spacial score (nSPS) is 10.8. The second kappa shape index (κ2) is 3.13. The lowest BCUT2D eigenvalue weighted by atomic mass is 10.2. The maximum Gasteiger partial charge on any atom is 0.419 e. The number of aromatic nitrogens is 1. The van der Waals surface area contributed by atoms with Gasteiger partial charge in [0.2, 0.25) is 0 Å². The topological polar surface area (TPSA) is 72.4 Å². The van der Waals surface area contributed by atoms with E-state index in [-0.39, 0.29) is 16.2 Å². The number of carbonyl (C=O) groups is 1. The minimum absolute atomic E-state index is 0.0411. The number of rotatable bonds is 1. The summed E-state index contributed by atoms with van der Waals surface area (Å²) in [5.41, 5.74) is 0.291. The molecule has 0 saturated carbocycles. The number of aromatic carboxylic acids is 1. The van der Waals surface area contributed by atoms with E-state index in [2.05, 4.69) is 0 Å². The summed E-state index contributed by atoms with van der Waals surface area (Å²) in [4.78, 5) is 22.0. The Hall–Kier alpha value is -1.75. The molecule has 0 bridgehead atoms. The molecule has 0 aliphatic carbocycles. The largest absolute Gasteiger partial charge is 0.478 e. The molecule has 1 heterocycles. The molecule has 78 valence electrons. The average molecular weight is 228 g/mol. The van der Waals surface area contributed by atoms with Crippen LogP contribution >= 0.6 is 11.6 Å². The van der Waals surface area contributed by atoms with Gasteiger partial charge in [0.15, 0.2) is 5.58 Å². The summed E-state index contributed by atoms with van der Waals surface area (Å²) in [7, 11) is 1.48. The number of benzene rings is 1. The van der Waals surface area contributed by atoms with E-state index in [1.54, 1.807) is 0 Å². The summed E-state index contributed by atoms with van der Waals surface area (Å²) < 4.78 is 6.02. The number of carboxylic acid groups (broad SMARTS) is 1. The first-order valence-corrected chi connectivity index (χ1v) is 4.41. The van der Waals surface area contributed by atoms with Crippen molar-refractivity contribution >= 4 is 28.7 Å². The van der Waals surface area contributed by atoms with Gasteiger partial charge in [-0.15, -0.1) is 0 Å². The van der Waals surface area contributed by atoms with Crippen LogP contribution in [0.4, 0.5) is 0 Å². The van der Waals surface area contributed by atoms with Crippen LogP contribution < -0.4 is 5.76 Å². The Labute approximate surface area is 88.5 Å². The summed E-state index contributed by atoms with van der Waals surface area (Å²) in [5.74, 6) is -1.80. The fraction of sp³-hybridized carbons (Fsp3) is 0.111. The van der Waals surface area contributed by atoms with E-state index in [1.807, 2.05) is 0 Å². The molecule has 1 aromatic heterocycles. The van der Waals surface area contributed by atoms with E-state index in [0.717, 1.165) is 0 Å². The Morgan fingerprint density at radius 1 is 1.53 bits per heavy atom. The van der Waals surface area contributed by atoms with Crippen LogP contribution in [-0.2, 0) is 7.05 Å². The van der Waals surface area contributed by atoms with Gasteiger partial charge in [0.05, 0.1) is 5.52 Å². The molecule has 0 saturated heterocycles. The summed E-state index contributed by atoms with van der Waals surface area (Å²) in [5, 5.41) is 9.12. The lowest BCUT2D eigenvalue weighted by Crippen LogP contribution is -2.08. The molecule has 0 aliphatic rings. The lowest BCUT2D eigenvalue weighted by molar-refractivity contribution is 0.0698. The monoisotopic (exact) mass is 227 g/mol. The first-order chi connectivity index (χ1) is 7.00. The van der Waals surface area contributed by atoms with Crippen LogP contribution in [0.1, 0.15) is 10.4 Å². The second-order valence-corrected chi connectivity index (χ2v) is 3.47. The molecule has 0 fully saturated rings. The van der Waals surface area contributed by atoms with E-state index in [0.29, 0.717) is 5.52 Å². The molecule has 1 N–H and O–H groups in total. The SMILES string of the molecule is Cn1c(=O)oc2c(C(=O)O)cc(Cl)cc21. The highest BCUT2D eigenvalue weighted by atomic mass is 35.5. The third kappa shape index (κ3) is 1.41. The smallest absolute Gasteiger partial charge is 0.419 e.